The van der Waals surface area contributed by atoms with Crippen LogP contribution in [-0.2, 0) is 9.53 Å². The normalized spacial score (nSPS) is 12.4. The summed E-state index contributed by atoms with van der Waals surface area (Å²) in [7, 11) is 1.39. The quantitative estimate of drug-likeness (QED) is 0.665. The summed E-state index contributed by atoms with van der Waals surface area (Å²) >= 11 is 0. The van der Waals surface area contributed by atoms with Crippen molar-refractivity contribution >= 4 is 5.97 Å². The molecule has 0 radical (unpaired) electrons. The molecule has 0 aliphatic heterocycles. The monoisotopic (exact) mass is 197 g/mol. The Morgan fingerprint density at radius 2 is 2.43 bits per heavy atom. The van der Waals surface area contributed by atoms with Gasteiger partial charge < -0.3 is 4.74 Å². The van der Waals surface area contributed by atoms with Crippen molar-refractivity contribution < 1.29 is 9.53 Å². The maximum absolute atomic E-state index is 11.4. The van der Waals surface area contributed by atoms with Gasteiger partial charge in [-0.3, -0.25) is 0 Å². The first kappa shape index (κ1) is 10.7. The number of nitrogens with zero attached hydrogens (tertiary/aromatic N) is 3. The minimum atomic E-state index is -0.331. The van der Waals surface area contributed by atoms with E-state index in [1.165, 1.54) is 19.8 Å². The molecule has 1 unspecified atom stereocenters. The fourth-order valence-corrected chi connectivity index (χ4v) is 1.27. The molecule has 0 aliphatic rings. The van der Waals surface area contributed by atoms with Crippen LogP contribution in [0, 0.1) is 0 Å². The molecule has 1 heterocycles. The minimum Gasteiger partial charge on any atom is -0.467 e. The van der Waals surface area contributed by atoms with Crippen molar-refractivity contribution in [3.8, 4) is 0 Å². The largest absolute Gasteiger partial charge is 0.467 e. The summed E-state index contributed by atoms with van der Waals surface area (Å²) in [5.41, 5.74) is 0. The predicted octanol–water partition coefficient (Wildman–Crippen LogP) is 1.18. The lowest BCUT2D eigenvalue weighted by Gasteiger charge is -2.13. The van der Waals surface area contributed by atoms with Crippen molar-refractivity contribution in [2.24, 2.45) is 0 Å². The topological polar surface area (TPSA) is 57.0 Å². The molecule has 0 saturated heterocycles. The Kier molecular flexibility index (Phi) is 4.10. The number of rotatable bonds is 5. The molecular weight excluding hydrogens is 182 g/mol. The van der Waals surface area contributed by atoms with Crippen LogP contribution in [0.25, 0.3) is 0 Å². The van der Waals surface area contributed by atoms with Gasteiger partial charge in [-0.2, -0.15) is 5.10 Å². The smallest absolute Gasteiger partial charge is 0.330 e. The van der Waals surface area contributed by atoms with Crippen molar-refractivity contribution in [2.45, 2.75) is 32.2 Å². The molecule has 0 spiro atoms. The van der Waals surface area contributed by atoms with Crippen molar-refractivity contribution in [1.29, 1.82) is 0 Å². The number of methoxy groups -OCH3 is 1. The zero-order valence-corrected chi connectivity index (χ0v) is 8.51. The molecule has 5 nitrogen and oxygen atoms in total. The van der Waals surface area contributed by atoms with Gasteiger partial charge in [0.2, 0.25) is 0 Å². The summed E-state index contributed by atoms with van der Waals surface area (Å²) < 4.78 is 6.25. The average Bonchev–Trinajstić information content (AvgIpc) is 2.71. The molecule has 0 N–H and O–H groups in total. The molecule has 14 heavy (non-hydrogen) atoms. The molecule has 1 atom stereocenters. The Balaban J connectivity index is 2.67. The highest BCUT2D eigenvalue weighted by atomic mass is 16.5. The molecule has 5 heteroatoms. The maximum atomic E-state index is 11.4. The van der Waals surface area contributed by atoms with Crippen molar-refractivity contribution in [3.63, 3.8) is 0 Å². The Morgan fingerprint density at radius 1 is 1.64 bits per heavy atom. The number of esters is 1. The SMILES string of the molecule is CCCCC(C(=O)OC)n1cncn1. The summed E-state index contributed by atoms with van der Waals surface area (Å²) in [5, 5.41) is 3.94. The third-order valence-electron chi connectivity index (χ3n) is 2.06. The Bertz CT molecular complexity index is 272. The minimum absolute atomic E-state index is 0.260. The molecule has 1 rings (SSSR count). The third kappa shape index (κ3) is 2.55. The first-order valence-corrected chi connectivity index (χ1v) is 4.71. The maximum Gasteiger partial charge on any atom is 0.330 e. The van der Waals surface area contributed by atoms with Crippen LogP contribution in [0.2, 0.25) is 0 Å². The molecule has 0 saturated carbocycles. The standard InChI is InChI=1S/C9H15N3O2/c1-3-4-5-8(9(13)14-2)12-7-10-6-11-12/h6-8H,3-5H2,1-2H3. The molecule has 0 amide bonds. The summed E-state index contributed by atoms with van der Waals surface area (Å²) in [6, 6.07) is -0.331. The van der Waals surface area contributed by atoms with Crippen molar-refractivity contribution in [1.82, 2.24) is 14.8 Å². The third-order valence-corrected chi connectivity index (χ3v) is 2.06. The zero-order chi connectivity index (χ0) is 10.4. The number of ether oxygens (including phenoxy) is 1. The van der Waals surface area contributed by atoms with E-state index in [0.717, 1.165) is 19.3 Å². The molecule has 78 valence electrons. The molecular formula is C9H15N3O2. The van der Waals surface area contributed by atoms with Gasteiger partial charge in [0.15, 0.2) is 6.04 Å². The Labute approximate surface area is 83.1 Å². The molecule has 1 aromatic heterocycles. The number of hydrogen-bond acceptors (Lipinski definition) is 4. The van der Waals surface area contributed by atoms with Crippen LogP contribution < -0.4 is 0 Å². The van der Waals surface area contributed by atoms with E-state index < -0.39 is 0 Å². The lowest BCUT2D eigenvalue weighted by molar-refractivity contribution is -0.145. The van der Waals surface area contributed by atoms with Crippen LogP contribution in [-0.4, -0.2) is 27.8 Å². The molecule has 0 aliphatic carbocycles. The van der Waals surface area contributed by atoms with Gasteiger partial charge in [-0.15, -0.1) is 0 Å². The van der Waals surface area contributed by atoms with Gasteiger partial charge in [0.05, 0.1) is 7.11 Å². The van der Waals surface area contributed by atoms with Gasteiger partial charge in [-0.25, -0.2) is 14.5 Å². The zero-order valence-electron chi connectivity index (χ0n) is 8.51. The molecule has 1 aromatic rings. The van der Waals surface area contributed by atoms with Crippen LogP contribution >= 0.6 is 0 Å². The van der Waals surface area contributed by atoms with Gasteiger partial charge in [0, 0.05) is 0 Å². The van der Waals surface area contributed by atoms with E-state index in [0.29, 0.717) is 0 Å². The van der Waals surface area contributed by atoms with E-state index in [9.17, 15) is 4.79 Å². The van der Waals surface area contributed by atoms with E-state index in [2.05, 4.69) is 17.0 Å². The summed E-state index contributed by atoms with van der Waals surface area (Å²) in [6.45, 7) is 2.08. The Morgan fingerprint density at radius 3 is 2.93 bits per heavy atom. The highest BCUT2D eigenvalue weighted by molar-refractivity contribution is 5.73. The highest BCUT2D eigenvalue weighted by Gasteiger charge is 2.20. The second kappa shape index (κ2) is 5.36. The number of aromatic nitrogens is 3. The molecule has 0 aromatic carbocycles. The summed E-state index contributed by atoms with van der Waals surface area (Å²) in [6.07, 6.45) is 5.72. The fourth-order valence-electron chi connectivity index (χ4n) is 1.27. The van der Waals surface area contributed by atoms with Crippen LogP contribution in [0.4, 0.5) is 0 Å². The number of hydrogen-bond donors (Lipinski definition) is 0. The second-order valence-electron chi connectivity index (χ2n) is 3.06. The lowest BCUT2D eigenvalue weighted by atomic mass is 10.1. The van der Waals surface area contributed by atoms with Gasteiger partial charge in [0.1, 0.15) is 12.7 Å². The van der Waals surface area contributed by atoms with Gasteiger partial charge in [-0.05, 0) is 6.42 Å². The summed E-state index contributed by atoms with van der Waals surface area (Å²) in [4.78, 5) is 15.2. The second-order valence-corrected chi connectivity index (χ2v) is 3.06. The number of unbranched alkanes of at least 4 members (excludes halogenated alkanes) is 1. The van der Waals surface area contributed by atoms with Crippen LogP contribution in [0.3, 0.4) is 0 Å². The van der Waals surface area contributed by atoms with E-state index in [1.807, 2.05) is 0 Å². The lowest BCUT2D eigenvalue weighted by Crippen LogP contribution is -2.21. The first-order valence-electron chi connectivity index (χ1n) is 4.71. The fraction of sp³-hybridized carbons (Fsp3) is 0.667. The van der Waals surface area contributed by atoms with Crippen LogP contribution in [0.15, 0.2) is 12.7 Å². The number of carbonyl (C=O) groups excluding carboxylic acids is 1. The van der Waals surface area contributed by atoms with E-state index >= 15 is 0 Å². The average molecular weight is 197 g/mol. The van der Waals surface area contributed by atoms with Crippen LogP contribution in [0.5, 0.6) is 0 Å². The van der Waals surface area contributed by atoms with Gasteiger partial charge in [0.25, 0.3) is 0 Å². The van der Waals surface area contributed by atoms with Crippen LogP contribution in [0.1, 0.15) is 32.2 Å². The summed E-state index contributed by atoms with van der Waals surface area (Å²) in [5.74, 6) is -0.260. The van der Waals surface area contributed by atoms with E-state index in [4.69, 9.17) is 4.74 Å². The first-order chi connectivity index (χ1) is 6.79. The van der Waals surface area contributed by atoms with Gasteiger partial charge >= 0.3 is 5.97 Å². The highest BCUT2D eigenvalue weighted by Crippen LogP contribution is 2.14. The van der Waals surface area contributed by atoms with Gasteiger partial charge in [-0.1, -0.05) is 19.8 Å². The van der Waals surface area contributed by atoms with E-state index in [1.54, 1.807) is 4.68 Å². The Hall–Kier alpha value is -1.39. The molecule has 0 fully saturated rings. The molecule has 0 bridgehead atoms. The van der Waals surface area contributed by atoms with Crippen molar-refractivity contribution in [2.75, 3.05) is 7.11 Å². The predicted molar refractivity (Wildman–Crippen MR) is 50.6 cm³/mol. The van der Waals surface area contributed by atoms with E-state index in [-0.39, 0.29) is 12.0 Å². The van der Waals surface area contributed by atoms with Crippen molar-refractivity contribution in [3.05, 3.63) is 12.7 Å². The number of carbonyl (C=O) groups is 1.